The van der Waals surface area contributed by atoms with Gasteiger partial charge in [0, 0.05) is 12.1 Å². The molecule has 2 aromatic rings. The van der Waals surface area contributed by atoms with Gasteiger partial charge in [0.1, 0.15) is 6.10 Å². The molecule has 1 aliphatic carbocycles. The Labute approximate surface area is 186 Å². The van der Waals surface area contributed by atoms with Crippen LogP contribution in [0.4, 0.5) is 0 Å². The maximum Gasteiger partial charge on any atom is 0.261 e. The number of rotatable bonds is 5. The van der Waals surface area contributed by atoms with E-state index in [1.807, 2.05) is 26.0 Å². The van der Waals surface area contributed by atoms with Crippen molar-refractivity contribution in [2.24, 2.45) is 11.1 Å². The molecule has 1 heterocycles. The van der Waals surface area contributed by atoms with Crippen LogP contribution in [0.1, 0.15) is 41.0 Å². The van der Waals surface area contributed by atoms with E-state index in [1.54, 1.807) is 6.21 Å². The van der Waals surface area contributed by atoms with E-state index < -0.39 is 14.1 Å². The molecule has 2 fully saturated rings. The number of nitrogens with zero attached hydrogens (tertiary/aromatic N) is 1. The van der Waals surface area contributed by atoms with E-state index in [2.05, 4.69) is 74.5 Å². The van der Waals surface area contributed by atoms with Crippen molar-refractivity contribution in [3.8, 4) is 0 Å². The Balaban J connectivity index is 1.82. The molecule has 6 heteroatoms. The van der Waals surface area contributed by atoms with E-state index in [0.717, 1.165) is 0 Å². The zero-order chi connectivity index (χ0) is 22.3. The van der Waals surface area contributed by atoms with Crippen molar-refractivity contribution in [1.82, 2.24) is 0 Å². The lowest BCUT2D eigenvalue weighted by atomic mass is 10.1. The van der Waals surface area contributed by atoms with E-state index in [9.17, 15) is 5.21 Å². The molecule has 1 saturated carbocycles. The van der Waals surface area contributed by atoms with Crippen molar-refractivity contribution >= 4 is 24.9 Å². The summed E-state index contributed by atoms with van der Waals surface area (Å²) in [6.07, 6.45) is 1.70. The summed E-state index contributed by atoms with van der Waals surface area (Å²) in [4.78, 5) is 0. The summed E-state index contributed by atoms with van der Waals surface area (Å²) in [7, 11) is -2.72. The second-order valence-corrected chi connectivity index (χ2v) is 14.3. The first kappa shape index (κ1) is 22.2. The summed E-state index contributed by atoms with van der Waals surface area (Å²) in [5.74, 6) is -0.746. The van der Waals surface area contributed by atoms with Gasteiger partial charge in [-0.2, -0.15) is 0 Å². The highest BCUT2D eigenvalue weighted by Crippen LogP contribution is 2.46. The Morgan fingerprint density at radius 1 is 0.968 bits per heavy atom. The third kappa shape index (κ3) is 3.98. The molecule has 31 heavy (non-hydrogen) atoms. The topological polar surface area (TPSA) is 60.3 Å². The molecule has 4 rings (SSSR count). The monoisotopic (exact) mass is 439 g/mol. The second-order valence-electron chi connectivity index (χ2n) is 10.0. The van der Waals surface area contributed by atoms with Gasteiger partial charge in [0.15, 0.2) is 5.79 Å². The molecule has 0 amide bonds. The lowest BCUT2D eigenvalue weighted by molar-refractivity contribution is -0.162. The molecule has 0 aromatic heterocycles. The minimum Gasteiger partial charge on any atom is -0.411 e. The summed E-state index contributed by atoms with van der Waals surface area (Å²) in [5.41, 5.74) is 0. The highest BCUT2D eigenvalue weighted by atomic mass is 28.4. The average molecular weight is 440 g/mol. The molecule has 2 aromatic carbocycles. The number of oxime groups is 1. The molecule has 1 aliphatic heterocycles. The quantitative estimate of drug-likeness (QED) is 0.332. The smallest absolute Gasteiger partial charge is 0.261 e. The van der Waals surface area contributed by atoms with Crippen LogP contribution >= 0.6 is 0 Å². The Kier molecular flexibility index (Phi) is 5.85. The van der Waals surface area contributed by atoms with Gasteiger partial charge < -0.3 is 19.1 Å². The maximum atomic E-state index is 9.22. The number of fused-ring (bicyclic) bond motifs is 1. The van der Waals surface area contributed by atoms with Gasteiger partial charge >= 0.3 is 0 Å². The molecule has 1 N–H and O–H groups in total. The second kappa shape index (κ2) is 8.17. The van der Waals surface area contributed by atoms with Crippen LogP contribution in [-0.2, 0) is 13.9 Å². The fourth-order valence-corrected chi connectivity index (χ4v) is 9.94. The van der Waals surface area contributed by atoms with Crippen LogP contribution in [0.25, 0.3) is 0 Å². The molecule has 5 nitrogen and oxygen atoms in total. The zero-order valence-electron chi connectivity index (χ0n) is 19.0. The summed E-state index contributed by atoms with van der Waals surface area (Å²) in [5, 5.41) is 14.9. The minimum atomic E-state index is -2.72. The first-order chi connectivity index (χ1) is 14.7. The highest BCUT2D eigenvalue weighted by molar-refractivity contribution is 6.99. The lowest BCUT2D eigenvalue weighted by Crippen LogP contribution is -2.68. The fraction of sp³-hybridized carbons (Fsp3) is 0.480. The van der Waals surface area contributed by atoms with Crippen LogP contribution in [0.3, 0.4) is 0 Å². The SMILES string of the molecule is CC1(C)O[C@@H]2[C@H](O1)[C@@H](/C=N/O)C[C@H]2O[Si](c1ccccc1)(c1ccccc1)C(C)(C)C. The van der Waals surface area contributed by atoms with Crippen LogP contribution in [-0.4, -0.2) is 43.8 Å². The van der Waals surface area contributed by atoms with Crippen molar-refractivity contribution in [2.75, 3.05) is 0 Å². The average Bonchev–Trinajstić information content (AvgIpc) is 3.20. The third-order valence-electron chi connectivity index (χ3n) is 6.46. The Morgan fingerprint density at radius 3 is 1.97 bits per heavy atom. The Bertz CT molecular complexity index is 871. The van der Waals surface area contributed by atoms with Gasteiger partial charge in [-0.1, -0.05) is 81.4 Å². The number of hydrogen-bond donors (Lipinski definition) is 1. The summed E-state index contributed by atoms with van der Waals surface area (Å²) in [6, 6.07) is 21.2. The van der Waals surface area contributed by atoms with E-state index in [-0.39, 0.29) is 29.3 Å². The van der Waals surface area contributed by atoms with Crippen molar-refractivity contribution in [3.63, 3.8) is 0 Å². The zero-order valence-corrected chi connectivity index (χ0v) is 20.0. The van der Waals surface area contributed by atoms with Crippen LogP contribution in [0, 0.1) is 5.92 Å². The van der Waals surface area contributed by atoms with Gasteiger partial charge in [-0.3, -0.25) is 0 Å². The normalized spacial score (nSPS) is 28.2. The van der Waals surface area contributed by atoms with Gasteiger partial charge in [-0.15, -0.1) is 5.16 Å². The van der Waals surface area contributed by atoms with E-state index >= 15 is 0 Å². The standard InChI is InChI=1S/C25H33NO4Si/c1-24(2,3)31(19-12-8-6-9-13-19,20-14-10-7-11-15-20)30-21-16-18(17-26-27)22-23(21)29-25(4,5)28-22/h6-15,17-18,21-23,27H,16H2,1-5H3/b26-17+/t18-,21-,22-,23+/m1/s1. The molecule has 0 unspecified atom stereocenters. The summed E-state index contributed by atoms with van der Waals surface area (Å²) >= 11 is 0. The fourth-order valence-electron chi connectivity index (χ4n) is 5.24. The first-order valence-corrected chi connectivity index (χ1v) is 12.9. The van der Waals surface area contributed by atoms with Gasteiger partial charge in [-0.05, 0) is 35.7 Å². The van der Waals surface area contributed by atoms with Gasteiger partial charge in [-0.25, -0.2) is 0 Å². The molecular weight excluding hydrogens is 406 g/mol. The largest absolute Gasteiger partial charge is 0.411 e. The van der Waals surface area contributed by atoms with E-state index in [1.165, 1.54) is 10.4 Å². The molecule has 2 aliphatic rings. The molecular formula is C25H33NO4Si. The highest BCUT2D eigenvalue weighted by Gasteiger charge is 2.59. The number of benzene rings is 2. The van der Waals surface area contributed by atoms with Crippen LogP contribution < -0.4 is 10.4 Å². The van der Waals surface area contributed by atoms with Gasteiger partial charge in [0.25, 0.3) is 8.32 Å². The van der Waals surface area contributed by atoms with Crippen molar-refractivity contribution < 1.29 is 19.1 Å². The molecule has 166 valence electrons. The molecule has 4 atom stereocenters. The molecule has 0 spiro atoms. The van der Waals surface area contributed by atoms with Crippen molar-refractivity contribution in [2.45, 2.75) is 70.2 Å². The number of hydrogen-bond acceptors (Lipinski definition) is 5. The summed E-state index contributed by atoms with van der Waals surface area (Å²) < 4.78 is 19.8. The lowest BCUT2D eigenvalue weighted by Gasteiger charge is -2.45. The summed E-state index contributed by atoms with van der Waals surface area (Å²) in [6.45, 7) is 10.7. The third-order valence-corrected chi connectivity index (χ3v) is 11.5. The molecule has 1 saturated heterocycles. The maximum absolute atomic E-state index is 9.22. The Morgan fingerprint density at radius 2 is 1.48 bits per heavy atom. The first-order valence-electron chi connectivity index (χ1n) is 11.0. The predicted molar refractivity (Wildman–Crippen MR) is 125 cm³/mol. The van der Waals surface area contributed by atoms with E-state index in [0.29, 0.717) is 6.42 Å². The van der Waals surface area contributed by atoms with Crippen molar-refractivity contribution in [1.29, 1.82) is 0 Å². The minimum absolute atomic E-state index is 0.0556. The van der Waals surface area contributed by atoms with Crippen molar-refractivity contribution in [3.05, 3.63) is 60.7 Å². The predicted octanol–water partition coefficient (Wildman–Crippen LogP) is 3.93. The van der Waals surface area contributed by atoms with Crippen LogP contribution in [0.15, 0.2) is 65.8 Å². The number of ether oxygens (including phenoxy) is 2. The van der Waals surface area contributed by atoms with Gasteiger partial charge in [0.2, 0.25) is 0 Å². The molecule has 0 radical (unpaired) electrons. The van der Waals surface area contributed by atoms with Crippen LogP contribution in [0.2, 0.25) is 5.04 Å². The van der Waals surface area contributed by atoms with Gasteiger partial charge in [0.05, 0.1) is 12.2 Å². The van der Waals surface area contributed by atoms with Crippen LogP contribution in [0.5, 0.6) is 0 Å². The van der Waals surface area contributed by atoms with E-state index in [4.69, 9.17) is 13.9 Å². The Hall–Kier alpha value is -1.99. The molecule has 0 bridgehead atoms.